The van der Waals surface area contributed by atoms with Crippen molar-refractivity contribution in [2.45, 2.75) is 25.2 Å². The average molecular weight is 442 g/mol. The smallest absolute Gasteiger partial charge is 0.307 e. The number of benzene rings is 1. The molecule has 4 rings (SSSR count). The summed E-state index contributed by atoms with van der Waals surface area (Å²) in [5.41, 5.74) is 1.03. The Labute approximate surface area is 179 Å². The van der Waals surface area contributed by atoms with Gasteiger partial charge in [0.2, 0.25) is 5.91 Å². The fourth-order valence-corrected chi connectivity index (χ4v) is 5.42. The molecule has 1 fully saturated rings. The predicted octanol–water partition coefficient (Wildman–Crippen LogP) is 2.36. The number of sulfonamides is 1. The van der Waals surface area contributed by atoms with Gasteiger partial charge in [0.1, 0.15) is 11.6 Å². The van der Waals surface area contributed by atoms with Crippen LogP contribution in [0.1, 0.15) is 17.9 Å². The topological polar surface area (TPSA) is 138 Å². The molecular formula is C21H22N4O5S. The zero-order valence-corrected chi connectivity index (χ0v) is 17.8. The Morgan fingerprint density at radius 2 is 1.68 bits per heavy atom. The number of amides is 1. The molecule has 1 aromatic carbocycles. The predicted molar refractivity (Wildman–Crippen MR) is 113 cm³/mol. The van der Waals surface area contributed by atoms with Gasteiger partial charge in [-0.1, -0.05) is 12.2 Å². The number of fused-ring (bicyclic) bond motifs is 2. The second-order valence-electron chi connectivity index (χ2n) is 7.90. The molecule has 0 radical (unpaired) electrons. The van der Waals surface area contributed by atoms with Gasteiger partial charge >= 0.3 is 5.97 Å². The van der Waals surface area contributed by atoms with Gasteiger partial charge in [0.25, 0.3) is 10.0 Å². The zero-order valence-electron chi connectivity index (χ0n) is 16.9. The van der Waals surface area contributed by atoms with E-state index in [0.717, 1.165) is 0 Å². The fraction of sp³-hybridized carbons (Fsp3) is 0.333. The van der Waals surface area contributed by atoms with Crippen molar-refractivity contribution in [3.05, 3.63) is 54.0 Å². The Balaban J connectivity index is 1.47. The lowest BCUT2D eigenvalue weighted by molar-refractivity contribution is -0.146. The molecular weight excluding hydrogens is 420 g/mol. The van der Waals surface area contributed by atoms with Crippen molar-refractivity contribution in [1.82, 2.24) is 9.97 Å². The highest BCUT2D eigenvalue weighted by atomic mass is 32.2. The van der Waals surface area contributed by atoms with Gasteiger partial charge in [0, 0.05) is 17.4 Å². The van der Waals surface area contributed by atoms with Crippen LogP contribution in [0.5, 0.6) is 0 Å². The van der Waals surface area contributed by atoms with E-state index in [1.165, 1.54) is 30.3 Å². The molecule has 0 spiro atoms. The lowest BCUT2D eigenvalue weighted by Gasteiger charge is -2.23. The molecule has 10 heteroatoms. The Kier molecular flexibility index (Phi) is 5.26. The first-order valence-electron chi connectivity index (χ1n) is 9.81. The molecule has 2 aromatic rings. The highest BCUT2D eigenvalue weighted by molar-refractivity contribution is 7.92. The van der Waals surface area contributed by atoms with Crippen LogP contribution in [-0.2, 0) is 19.6 Å². The quantitative estimate of drug-likeness (QED) is 0.584. The third-order valence-corrected chi connectivity index (χ3v) is 7.05. The number of rotatable bonds is 6. The molecule has 162 valence electrons. The molecule has 1 heterocycles. The Bertz CT molecular complexity index is 1160. The summed E-state index contributed by atoms with van der Waals surface area (Å²) in [6.45, 7) is 3.41. The molecule has 2 aliphatic rings. The Hall–Kier alpha value is -3.27. The third-order valence-electron chi connectivity index (χ3n) is 5.68. The number of anilines is 2. The van der Waals surface area contributed by atoms with Gasteiger partial charge in [-0.15, -0.1) is 0 Å². The molecule has 1 saturated carbocycles. The van der Waals surface area contributed by atoms with Gasteiger partial charge in [0.05, 0.1) is 16.7 Å². The number of carbonyl (C=O) groups excluding carboxylic acids is 1. The Morgan fingerprint density at radius 1 is 1.03 bits per heavy atom. The summed E-state index contributed by atoms with van der Waals surface area (Å²) in [5, 5.41) is 12.2. The van der Waals surface area contributed by atoms with E-state index in [1.807, 2.05) is 12.2 Å². The first-order chi connectivity index (χ1) is 14.6. The monoisotopic (exact) mass is 442 g/mol. The maximum atomic E-state index is 12.8. The second-order valence-corrected chi connectivity index (χ2v) is 9.58. The van der Waals surface area contributed by atoms with E-state index in [4.69, 9.17) is 0 Å². The lowest BCUT2D eigenvalue weighted by Crippen LogP contribution is -2.36. The van der Waals surface area contributed by atoms with Crippen LogP contribution < -0.4 is 10.0 Å². The number of allylic oxidation sites excluding steroid dienone is 2. The summed E-state index contributed by atoms with van der Waals surface area (Å²) in [4.78, 5) is 32.6. The number of aliphatic carboxylic acids is 1. The van der Waals surface area contributed by atoms with Crippen LogP contribution in [0.25, 0.3) is 0 Å². The van der Waals surface area contributed by atoms with E-state index in [2.05, 4.69) is 20.0 Å². The highest BCUT2D eigenvalue weighted by Crippen LogP contribution is 2.48. The number of aromatic nitrogens is 2. The van der Waals surface area contributed by atoms with Gasteiger partial charge in [-0.25, -0.2) is 18.4 Å². The molecule has 31 heavy (non-hydrogen) atoms. The Morgan fingerprint density at radius 3 is 2.29 bits per heavy atom. The largest absolute Gasteiger partial charge is 0.481 e. The number of carbonyl (C=O) groups is 2. The van der Waals surface area contributed by atoms with E-state index in [0.29, 0.717) is 23.6 Å². The molecule has 3 N–H and O–H groups in total. The molecule has 2 bridgehead atoms. The van der Waals surface area contributed by atoms with E-state index < -0.39 is 27.8 Å². The van der Waals surface area contributed by atoms with Crippen molar-refractivity contribution in [2.24, 2.45) is 23.7 Å². The van der Waals surface area contributed by atoms with E-state index in [9.17, 15) is 23.1 Å². The second kappa shape index (κ2) is 7.77. The van der Waals surface area contributed by atoms with Crippen LogP contribution in [0.4, 0.5) is 11.5 Å². The standard InChI is InChI=1S/C21H22N4O5S/c1-11-9-17(23-12(2)22-11)25-31(29,30)16-7-5-15(6-8-16)24-20(26)18-13-3-4-14(10-13)19(18)21(27)28/h3-9,13-14,18-19H,10H2,1-2H3,(H,24,26)(H,27,28)(H,22,23,25)/t13-,14-,18+,19+/m0/s1. The van der Waals surface area contributed by atoms with Gasteiger partial charge in [-0.3, -0.25) is 14.3 Å². The van der Waals surface area contributed by atoms with Crippen LogP contribution in [0, 0.1) is 37.5 Å². The molecule has 2 aliphatic carbocycles. The molecule has 1 aromatic heterocycles. The lowest BCUT2D eigenvalue weighted by atomic mass is 9.82. The van der Waals surface area contributed by atoms with Crippen molar-refractivity contribution in [3.63, 3.8) is 0 Å². The maximum Gasteiger partial charge on any atom is 0.307 e. The molecule has 0 saturated heterocycles. The molecule has 9 nitrogen and oxygen atoms in total. The summed E-state index contributed by atoms with van der Waals surface area (Å²) in [5.74, 6) is -2.30. The molecule has 1 amide bonds. The highest BCUT2D eigenvalue weighted by Gasteiger charge is 2.51. The number of hydrogen-bond acceptors (Lipinski definition) is 6. The summed E-state index contributed by atoms with van der Waals surface area (Å²) < 4.78 is 27.7. The summed E-state index contributed by atoms with van der Waals surface area (Å²) >= 11 is 0. The number of nitrogens with one attached hydrogen (secondary N) is 2. The minimum atomic E-state index is -3.87. The van der Waals surface area contributed by atoms with Gasteiger partial charge in [-0.05, 0) is 56.4 Å². The average Bonchev–Trinajstić information content (AvgIpc) is 3.28. The van der Waals surface area contributed by atoms with Gasteiger partial charge < -0.3 is 10.4 Å². The first-order valence-corrected chi connectivity index (χ1v) is 11.3. The summed E-state index contributed by atoms with van der Waals surface area (Å²) in [7, 11) is -3.87. The van der Waals surface area contributed by atoms with Crippen LogP contribution in [0.2, 0.25) is 0 Å². The van der Waals surface area contributed by atoms with E-state index in [-0.39, 0.29) is 28.5 Å². The van der Waals surface area contributed by atoms with Gasteiger partial charge in [0.15, 0.2) is 0 Å². The SMILES string of the molecule is Cc1cc(NS(=O)(=O)c2ccc(NC(=O)[C@H]3[C@H](C(=O)O)[C@H]4C=C[C@H]3C4)cc2)nc(C)n1. The minimum absolute atomic E-state index is 0.00527. The number of carboxylic acid groups (broad SMARTS) is 1. The maximum absolute atomic E-state index is 12.8. The molecule has 4 atom stereocenters. The number of carboxylic acids is 1. The normalized spacial score (nSPS) is 24.2. The van der Waals surface area contributed by atoms with Crippen molar-refractivity contribution in [1.29, 1.82) is 0 Å². The minimum Gasteiger partial charge on any atom is -0.481 e. The number of nitrogens with zero attached hydrogens (tertiary/aromatic N) is 2. The van der Waals surface area contributed by atoms with E-state index in [1.54, 1.807) is 13.8 Å². The van der Waals surface area contributed by atoms with Gasteiger partial charge in [-0.2, -0.15) is 0 Å². The van der Waals surface area contributed by atoms with Crippen LogP contribution >= 0.6 is 0 Å². The first kappa shape index (κ1) is 21.0. The van der Waals surface area contributed by atoms with Crippen molar-refractivity contribution in [3.8, 4) is 0 Å². The zero-order chi connectivity index (χ0) is 22.3. The fourth-order valence-electron chi connectivity index (χ4n) is 4.43. The number of hydrogen-bond donors (Lipinski definition) is 3. The van der Waals surface area contributed by atoms with Crippen LogP contribution in [-0.4, -0.2) is 35.4 Å². The summed E-state index contributed by atoms with van der Waals surface area (Å²) in [6.07, 6.45) is 4.45. The number of aryl methyl sites for hydroxylation is 2. The van der Waals surface area contributed by atoms with E-state index >= 15 is 0 Å². The van der Waals surface area contributed by atoms with Crippen LogP contribution in [0.15, 0.2) is 47.4 Å². The van der Waals surface area contributed by atoms with Crippen molar-refractivity contribution >= 4 is 33.4 Å². The molecule has 0 aliphatic heterocycles. The van der Waals surface area contributed by atoms with Crippen LogP contribution in [0.3, 0.4) is 0 Å². The molecule has 0 unspecified atom stereocenters. The van der Waals surface area contributed by atoms with Crippen molar-refractivity contribution < 1.29 is 23.1 Å². The third kappa shape index (κ3) is 4.15. The summed E-state index contributed by atoms with van der Waals surface area (Å²) in [6, 6.07) is 7.22. The van der Waals surface area contributed by atoms with Crippen molar-refractivity contribution in [2.75, 3.05) is 10.0 Å².